The van der Waals surface area contributed by atoms with Gasteiger partial charge in [-0.15, -0.1) is 0 Å². The smallest absolute Gasteiger partial charge is 0.304 e. The third kappa shape index (κ3) is 25.8. The second-order valence-corrected chi connectivity index (χ2v) is 3.33. The molecule has 0 radical (unpaired) electrons. The average molecular weight is 178 g/mol. The molecular formula is C8H18O2S. The van der Waals surface area contributed by atoms with E-state index in [9.17, 15) is 4.79 Å². The lowest BCUT2D eigenvalue weighted by Gasteiger charge is -1.93. The number of unbranched alkanes of at least 4 members (excludes halogenated alkanes) is 1. The highest BCUT2D eigenvalue weighted by Crippen LogP contribution is 1.96. The standard InChI is InChI=1S/C4H8O2S.C4H10/c1-3(7)2-4(5)6;1-3-4-2/h3,7H,2H2,1H3,(H,5,6);3-4H2,1-2H3. The van der Waals surface area contributed by atoms with E-state index in [0.29, 0.717) is 0 Å². The molecule has 0 aromatic heterocycles. The van der Waals surface area contributed by atoms with Gasteiger partial charge in [0.2, 0.25) is 0 Å². The number of carbonyl (C=O) groups is 1. The molecule has 0 bridgehead atoms. The Labute approximate surface area is 74.4 Å². The van der Waals surface area contributed by atoms with Crippen LogP contribution in [0.3, 0.4) is 0 Å². The van der Waals surface area contributed by atoms with Crippen molar-refractivity contribution in [2.75, 3.05) is 0 Å². The minimum atomic E-state index is -0.789. The number of thiol groups is 1. The second kappa shape index (κ2) is 9.82. The van der Waals surface area contributed by atoms with E-state index in [2.05, 4.69) is 26.5 Å². The molecule has 68 valence electrons. The van der Waals surface area contributed by atoms with Crippen LogP contribution in [0.4, 0.5) is 0 Å². The molecular weight excluding hydrogens is 160 g/mol. The summed E-state index contributed by atoms with van der Waals surface area (Å²) in [6.07, 6.45) is 2.78. The van der Waals surface area contributed by atoms with Gasteiger partial charge in [-0.25, -0.2) is 0 Å². The van der Waals surface area contributed by atoms with Gasteiger partial charge in [0.25, 0.3) is 0 Å². The molecule has 1 atom stereocenters. The first kappa shape index (κ1) is 13.4. The monoisotopic (exact) mass is 178 g/mol. The summed E-state index contributed by atoms with van der Waals surface area (Å²) in [5, 5.41) is 8.00. The van der Waals surface area contributed by atoms with Crippen LogP contribution in [-0.4, -0.2) is 16.3 Å². The third-order valence-electron chi connectivity index (χ3n) is 0.970. The van der Waals surface area contributed by atoms with Crippen LogP contribution in [-0.2, 0) is 4.79 Å². The summed E-state index contributed by atoms with van der Waals surface area (Å²) in [5.41, 5.74) is 0. The molecule has 0 fully saturated rings. The molecule has 1 N–H and O–H groups in total. The average Bonchev–Trinajstić information content (AvgIpc) is 1.85. The van der Waals surface area contributed by atoms with E-state index in [1.165, 1.54) is 12.8 Å². The molecule has 0 aromatic carbocycles. The molecule has 0 aliphatic heterocycles. The summed E-state index contributed by atoms with van der Waals surface area (Å²) >= 11 is 3.86. The van der Waals surface area contributed by atoms with E-state index >= 15 is 0 Å². The van der Waals surface area contributed by atoms with E-state index in [-0.39, 0.29) is 11.7 Å². The molecule has 2 nitrogen and oxygen atoms in total. The normalized spacial score (nSPS) is 11.3. The highest BCUT2D eigenvalue weighted by atomic mass is 32.1. The largest absolute Gasteiger partial charge is 0.481 e. The minimum Gasteiger partial charge on any atom is -0.481 e. The number of hydrogen-bond acceptors (Lipinski definition) is 2. The van der Waals surface area contributed by atoms with Crippen molar-refractivity contribution in [1.82, 2.24) is 0 Å². The van der Waals surface area contributed by atoms with E-state index in [1.807, 2.05) is 0 Å². The van der Waals surface area contributed by atoms with Gasteiger partial charge < -0.3 is 5.11 Å². The van der Waals surface area contributed by atoms with Crippen molar-refractivity contribution >= 4 is 18.6 Å². The highest BCUT2D eigenvalue weighted by molar-refractivity contribution is 7.80. The van der Waals surface area contributed by atoms with Crippen molar-refractivity contribution in [3.8, 4) is 0 Å². The van der Waals surface area contributed by atoms with Gasteiger partial charge >= 0.3 is 5.97 Å². The van der Waals surface area contributed by atoms with Crippen molar-refractivity contribution in [2.24, 2.45) is 0 Å². The molecule has 1 unspecified atom stereocenters. The zero-order valence-electron chi connectivity index (χ0n) is 7.50. The van der Waals surface area contributed by atoms with Crippen molar-refractivity contribution in [3.63, 3.8) is 0 Å². The lowest BCUT2D eigenvalue weighted by molar-refractivity contribution is -0.136. The van der Waals surface area contributed by atoms with E-state index in [1.54, 1.807) is 6.92 Å². The maximum absolute atomic E-state index is 9.76. The molecule has 11 heavy (non-hydrogen) atoms. The maximum atomic E-state index is 9.76. The second-order valence-electron chi connectivity index (χ2n) is 2.45. The Bertz CT molecular complexity index is 90.1. The summed E-state index contributed by atoms with van der Waals surface area (Å²) in [7, 11) is 0. The van der Waals surface area contributed by atoms with Gasteiger partial charge in [0.15, 0.2) is 0 Å². The Morgan fingerprint density at radius 2 is 1.82 bits per heavy atom. The zero-order valence-corrected chi connectivity index (χ0v) is 8.40. The van der Waals surface area contributed by atoms with Gasteiger partial charge in [-0.1, -0.05) is 33.6 Å². The summed E-state index contributed by atoms with van der Waals surface area (Å²) in [5.74, 6) is -0.789. The van der Waals surface area contributed by atoms with Crippen LogP contribution in [0.5, 0.6) is 0 Å². The van der Waals surface area contributed by atoms with Gasteiger partial charge in [-0.3, -0.25) is 4.79 Å². The lowest BCUT2D eigenvalue weighted by atomic mass is 10.3. The van der Waals surface area contributed by atoms with E-state index in [4.69, 9.17) is 5.11 Å². The summed E-state index contributed by atoms with van der Waals surface area (Å²) in [4.78, 5) is 9.76. The molecule has 0 spiro atoms. The predicted octanol–water partition coefficient (Wildman–Crippen LogP) is 2.59. The minimum absolute atomic E-state index is 0.0301. The summed E-state index contributed by atoms with van der Waals surface area (Å²) in [6.45, 7) is 6.11. The topological polar surface area (TPSA) is 37.3 Å². The van der Waals surface area contributed by atoms with Gasteiger partial charge in [-0.2, -0.15) is 12.6 Å². The van der Waals surface area contributed by atoms with Crippen LogP contribution in [0.15, 0.2) is 0 Å². The van der Waals surface area contributed by atoms with E-state index < -0.39 is 5.97 Å². The fourth-order valence-corrected chi connectivity index (χ4v) is 0.409. The molecule has 0 aliphatic carbocycles. The van der Waals surface area contributed by atoms with Crippen molar-refractivity contribution < 1.29 is 9.90 Å². The maximum Gasteiger partial charge on any atom is 0.304 e. The third-order valence-corrected chi connectivity index (χ3v) is 1.15. The molecule has 0 amide bonds. The number of rotatable bonds is 3. The Morgan fingerprint density at radius 3 is 1.82 bits per heavy atom. The van der Waals surface area contributed by atoms with E-state index in [0.717, 1.165) is 0 Å². The van der Waals surface area contributed by atoms with Gasteiger partial charge in [0.05, 0.1) is 6.42 Å². The van der Waals surface area contributed by atoms with Crippen molar-refractivity contribution in [3.05, 3.63) is 0 Å². The van der Waals surface area contributed by atoms with Gasteiger partial charge in [-0.05, 0) is 0 Å². The first-order chi connectivity index (χ1) is 5.04. The Hall–Kier alpha value is -0.180. The first-order valence-corrected chi connectivity index (χ1v) is 4.46. The Kier molecular flexibility index (Phi) is 12.0. The molecule has 0 saturated heterocycles. The Morgan fingerprint density at radius 1 is 1.45 bits per heavy atom. The summed E-state index contributed by atoms with van der Waals surface area (Å²) in [6, 6.07) is 0. The van der Waals surface area contributed by atoms with Gasteiger partial charge in [0, 0.05) is 5.25 Å². The van der Waals surface area contributed by atoms with Crippen LogP contribution in [0.2, 0.25) is 0 Å². The lowest BCUT2D eigenvalue weighted by Crippen LogP contribution is -2.01. The summed E-state index contributed by atoms with van der Waals surface area (Å²) < 4.78 is 0. The van der Waals surface area contributed by atoms with Crippen molar-refractivity contribution in [2.45, 2.75) is 45.3 Å². The van der Waals surface area contributed by atoms with Crippen LogP contribution in [0.1, 0.15) is 40.0 Å². The zero-order chi connectivity index (χ0) is 9.28. The van der Waals surface area contributed by atoms with Crippen LogP contribution < -0.4 is 0 Å². The van der Waals surface area contributed by atoms with Crippen LogP contribution >= 0.6 is 12.6 Å². The highest BCUT2D eigenvalue weighted by Gasteiger charge is 1.99. The van der Waals surface area contributed by atoms with Crippen LogP contribution in [0.25, 0.3) is 0 Å². The fraction of sp³-hybridized carbons (Fsp3) is 0.875. The molecule has 3 heteroatoms. The molecule has 0 heterocycles. The number of aliphatic carboxylic acids is 1. The van der Waals surface area contributed by atoms with Crippen molar-refractivity contribution in [1.29, 1.82) is 0 Å². The molecule has 0 saturated carbocycles. The first-order valence-electron chi connectivity index (χ1n) is 3.94. The fourth-order valence-electron chi connectivity index (χ4n) is 0.253. The van der Waals surface area contributed by atoms with Gasteiger partial charge in [0.1, 0.15) is 0 Å². The number of carboxylic acid groups (broad SMARTS) is 1. The molecule has 0 rings (SSSR count). The number of carboxylic acids is 1. The number of hydrogen-bond donors (Lipinski definition) is 2. The Balaban J connectivity index is 0. The quantitative estimate of drug-likeness (QED) is 0.652. The van der Waals surface area contributed by atoms with Crippen LogP contribution in [0, 0.1) is 0 Å². The molecule has 0 aliphatic rings. The predicted molar refractivity (Wildman–Crippen MR) is 51.3 cm³/mol. The molecule has 0 aromatic rings. The SMILES string of the molecule is CC(S)CC(=O)O.CCCC.